The summed E-state index contributed by atoms with van der Waals surface area (Å²) in [4.78, 5) is 22.8. The Balaban J connectivity index is 2.16. The SMILES string of the molecule is Cc1ccc(OC(=O)Nc2cccc(C(=O)O)c2O)c(C)c1. The van der Waals surface area contributed by atoms with Crippen molar-refractivity contribution >= 4 is 17.7 Å². The van der Waals surface area contributed by atoms with Crippen LogP contribution >= 0.6 is 0 Å². The summed E-state index contributed by atoms with van der Waals surface area (Å²) in [6.45, 7) is 3.73. The van der Waals surface area contributed by atoms with Gasteiger partial charge in [-0.2, -0.15) is 0 Å². The minimum absolute atomic E-state index is 0.0327. The number of amides is 1. The number of carbonyl (C=O) groups is 2. The average molecular weight is 301 g/mol. The third-order valence-corrected chi connectivity index (χ3v) is 3.04. The van der Waals surface area contributed by atoms with Gasteiger partial charge >= 0.3 is 12.1 Å². The van der Waals surface area contributed by atoms with Crippen LogP contribution in [0.4, 0.5) is 10.5 Å². The molecule has 0 spiro atoms. The summed E-state index contributed by atoms with van der Waals surface area (Å²) >= 11 is 0. The van der Waals surface area contributed by atoms with E-state index in [9.17, 15) is 14.7 Å². The lowest BCUT2D eigenvalue weighted by atomic mass is 10.1. The highest BCUT2D eigenvalue weighted by Gasteiger charge is 2.15. The first-order valence-electron chi connectivity index (χ1n) is 6.50. The van der Waals surface area contributed by atoms with Crippen molar-refractivity contribution in [2.75, 3.05) is 5.32 Å². The molecule has 0 bridgehead atoms. The fraction of sp³-hybridized carbons (Fsp3) is 0.125. The maximum atomic E-state index is 11.9. The zero-order valence-corrected chi connectivity index (χ0v) is 12.1. The number of aryl methyl sites for hydroxylation is 2. The number of carboxylic acids is 1. The quantitative estimate of drug-likeness (QED) is 0.756. The molecule has 1 amide bonds. The van der Waals surface area contributed by atoms with E-state index in [0.29, 0.717) is 5.75 Å². The Morgan fingerprint density at radius 1 is 1.14 bits per heavy atom. The summed E-state index contributed by atoms with van der Waals surface area (Å²) in [5, 5.41) is 21.1. The molecule has 0 heterocycles. The van der Waals surface area contributed by atoms with Gasteiger partial charge in [0.25, 0.3) is 0 Å². The molecule has 3 N–H and O–H groups in total. The minimum atomic E-state index is -1.29. The van der Waals surface area contributed by atoms with Crippen LogP contribution in [0.2, 0.25) is 0 Å². The van der Waals surface area contributed by atoms with Crippen molar-refractivity contribution in [3.05, 3.63) is 53.1 Å². The number of carboxylic acid groups (broad SMARTS) is 1. The van der Waals surface area contributed by atoms with Crippen molar-refractivity contribution in [1.82, 2.24) is 0 Å². The molecular weight excluding hydrogens is 286 g/mol. The van der Waals surface area contributed by atoms with E-state index in [1.54, 1.807) is 19.1 Å². The Hall–Kier alpha value is -3.02. The number of hydrogen-bond donors (Lipinski definition) is 3. The van der Waals surface area contributed by atoms with Crippen molar-refractivity contribution in [3.63, 3.8) is 0 Å². The second-order valence-corrected chi connectivity index (χ2v) is 4.79. The highest BCUT2D eigenvalue weighted by molar-refractivity contribution is 5.96. The van der Waals surface area contributed by atoms with E-state index in [-0.39, 0.29) is 11.3 Å². The first-order chi connectivity index (χ1) is 10.4. The molecule has 0 atom stereocenters. The predicted molar refractivity (Wildman–Crippen MR) is 80.6 cm³/mol. The van der Waals surface area contributed by atoms with Crippen LogP contribution in [0.15, 0.2) is 36.4 Å². The molecule has 0 fully saturated rings. The molecule has 0 aliphatic rings. The molecule has 6 nitrogen and oxygen atoms in total. The van der Waals surface area contributed by atoms with Crippen molar-refractivity contribution in [1.29, 1.82) is 0 Å². The Kier molecular flexibility index (Phi) is 4.31. The molecule has 2 rings (SSSR count). The van der Waals surface area contributed by atoms with Crippen molar-refractivity contribution in [2.24, 2.45) is 0 Å². The predicted octanol–water partition coefficient (Wildman–Crippen LogP) is 3.32. The summed E-state index contributed by atoms with van der Waals surface area (Å²) in [5.74, 6) is -1.42. The fourth-order valence-corrected chi connectivity index (χ4v) is 1.97. The molecule has 6 heteroatoms. The number of aromatic hydroxyl groups is 1. The fourth-order valence-electron chi connectivity index (χ4n) is 1.97. The third kappa shape index (κ3) is 3.35. The lowest BCUT2D eigenvalue weighted by Gasteiger charge is -2.11. The Bertz CT molecular complexity index is 739. The van der Waals surface area contributed by atoms with Gasteiger partial charge in [-0.3, -0.25) is 5.32 Å². The smallest absolute Gasteiger partial charge is 0.417 e. The number of para-hydroxylation sites is 1. The first kappa shape index (κ1) is 15.4. The number of ether oxygens (including phenoxy) is 1. The number of rotatable bonds is 3. The van der Waals surface area contributed by atoms with Crippen molar-refractivity contribution in [3.8, 4) is 11.5 Å². The second-order valence-electron chi connectivity index (χ2n) is 4.79. The lowest BCUT2D eigenvalue weighted by molar-refractivity contribution is 0.0693. The molecule has 2 aromatic carbocycles. The number of carbonyl (C=O) groups excluding carboxylic acids is 1. The molecule has 0 saturated heterocycles. The van der Waals surface area contributed by atoms with E-state index in [2.05, 4.69) is 5.32 Å². The van der Waals surface area contributed by atoms with Gasteiger partial charge in [0.2, 0.25) is 0 Å². The number of phenols is 1. The molecule has 0 saturated carbocycles. The summed E-state index contributed by atoms with van der Waals surface area (Å²) in [7, 11) is 0. The number of anilines is 1. The molecule has 0 aromatic heterocycles. The van der Waals surface area contributed by atoms with Crippen molar-refractivity contribution in [2.45, 2.75) is 13.8 Å². The first-order valence-corrected chi connectivity index (χ1v) is 6.50. The standard InChI is InChI=1S/C16H15NO5/c1-9-6-7-13(10(2)8-9)22-16(21)17-12-5-3-4-11(14(12)18)15(19)20/h3-8,18H,1-2H3,(H,17,21)(H,19,20). The van der Waals surface area contributed by atoms with Crippen LogP contribution in [-0.4, -0.2) is 22.3 Å². The van der Waals surface area contributed by atoms with Gasteiger partial charge in [-0.1, -0.05) is 23.8 Å². The minimum Gasteiger partial charge on any atom is -0.505 e. The van der Waals surface area contributed by atoms with E-state index in [4.69, 9.17) is 9.84 Å². The summed E-state index contributed by atoms with van der Waals surface area (Å²) in [5.41, 5.74) is 1.50. The highest BCUT2D eigenvalue weighted by Crippen LogP contribution is 2.28. The average Bonchev–Trinajstić information content (AvgIpc) is 2.44. The normalized spacial score (nSPS) is 10.1. The number of nitrogens with one attached hydrogen (secondary N) is 1. The van der Waals surface area contributed by atoms with Gasteiger partial charge in [0.05, 0.1) is 5.69 Å². The van der Waals surface area contributed by atoms with Crippen molar-refractivity contribution < 1.29 is 24.5 Å². The molecule has 0 unspecified atom stereocenters. The topological polar surface area (TPSA) is 95.9 Å². The molecular formula is C16H15NO5. The van der Waals surface area contributed by atoms with Crippen LogP contribution in [0.1, 0.15) is 21.5 Å². The van der Waals surface area contributed by atoms with E-state index in [1.807, 2.05) is 13.0 Å². The second kappa shape index (κ2) is 6.17. The molecule has 22 heavy (non-hydrogen) atoms. The Morgan fingerprint density at radius 3 is 2.50 bits per heavy atom. The van der Waals surface area contributed by atoms with E-state index in [0.717, 1.165) is 11.1 Å². The third-order valence-electron chi connectivity index (χ3n) is 3.04. The summed E-state index contributed by atoms with van der Waals surface area (Å²) in [6.07, 6.45) is -0.815. The largest absolute Gasteiger partial charge is 0.505 e. The maximum Gasteiger partial charge on any atom is 0.417 e. The van der Waals surface area contributed by atoms with Gasteiger partial charge in [0.1, 0.15) is 11.3 Å². The molecule has 0 aliphatic heterocycles. The van der Waals surface area contributed by atoms with Crippen LogP contribution in [0.25, 0.3) is 0 Å². The number of hydrogen-bond acceptors (Lipinski definition) is 4. The molecule has 0 radical (unpaired) electrons. The highest BCUT2D eigenvalue weighted by atomic mass is 16.6. The van der Waals surface area contributed by atoms with Gasteiger partial charge in [-0.15, -0.1) is 0 Å². The maximum absolute atomic E-state index is 11.9. The van der Waals surface area contributed by atoms with E-state index < -0.39 is 17.8 Å². The van der Waals surface area contributed by atoms with Gasteiger partial charge in [-0.25, -0.2) is 9.59 Å². The van der Waals surface area contributed by atoms with Gasteiger partial charge in [-0.05, 0) is 37.6 Å². The molecule has 0 aliphatic carbocycles. The lowest BCUT2D eigenvalue weighted by Crippen LogP contribution is -2.17. The van der Waals surface area contributed by atoms with Gasteiger partial charge in [0.15, 0.2) is 5.75 Å². The summed E-state index contributed by atoms with van der Waals surface area (Å²) in [6, 6.07) is 9.36. The Labute approximate surface area is 127 Å². The number of benzene rings is 2. The van der Waals surface area contributed by atoms with Crippen LogP contribution in [-0.2, 0) is 0 Å². The Morgan fingerprint density at radius 2 is 1.86 bits per heavy atom. The monoisotopic (exact) mass is 301 g/mol. The van der Waals surface area contributed by atoms with E-state index >= 15 is 0 Å². The van der Waals surface area contributed by atoms with Crippen LogP contribution in [0.5, 0.6) is 11.5 Å². The van der Waals surface area contributed by atoms with E-state index in [1.165, 1.54) is 18.2 Å². The molecule has 114 valence electrons. The van der Waals surface area contributed by atoms with Crippen LogP contribution in [0.3, 0.4) is 0 Å². The zero-order chi connectivity index (χ0) is 16.3. The summed E-state index contributed by atoms with van der Waals surface area (Å²) < 4.78 is 5.15. The van der Waals surface area contributed by atoms with Gasteiger partial charge < -0.3 is 14.9 Å². The van der Waals surface area contributed by atoms with Crippen LogP contribution in [0, 0.1) is 13.8 Å². The number of aromatic carboxylic acids is 1. The van der Waals surface area contributed by atoms with Crippen LogP contribution < -0.4 is 10.1 Å². The molecule has 2 aromatic rings. The van der Waals surface area contributed by atoms with Gasteiger partial charge in [0, 0.05) is 0 Å². The zero-order valence-electron chi connectivity index (χ0n) is 12.1.